The second-order valence-corrected chi connectivity index (χ2v) is 9.16. The van der Waals surface area contributed by atoms with Crippen molar-refractivity contribution < 1.29 is 33.6 Å². The molecule has 3 aromatic carbocycles. The van der Waals surface area contributed by atoms with Crippen molar-refractivity contribution in [1.82, 2.24) is 4.90 Å². The van der Waals surface area contributed by atoms with E-state index in [1.165, 1.54) is 4.90 Å². The van der Waals surface area contributed by atoms with Crippen LogP contribution in [0.5, 0.6) is 23.0 Å². The van der Waals surface area contributed by atoms with Crippen molar-refractivity contribution in [3.63, 3.8) is 0 Å². The summed E-state index contributed by atoms with van der Waals surface area (Å²) in [6.07, 6.45) is 0.545. The zero-order valence-electron chi connectivity index (χ0n) is 22.0. The predicted octanol–water partition coefficient (Wildman–Crippen LogP) is 4.92. The average Bonchev–Trinajstić information content (AvgIpc) is 3.22. The fraction of sp³-hybridized carbons (Fsp3) is 0.290. The van der Waals surface area contributed by atoms with E-state index in [-0.39, 0.29) is 17.9 Å². The number of aliphatic hydroxyl groups is 1. The zero-order valence-corrected chi connectivity index (χ0v) is 22.0. The Morgan fingerprint density at radius 1 is 0.897 bits per heavy atom. The van der Waals surface area contributed by atoms with Crippen LogP contribution in [0.4, 0.5) is 0 Å². The van der Waals surface area contributed by atoms with Crippen molar-refractivity contribution >= 4 is 17.4 Å². The second-order valence-electron chi connectivity index (χ2n) is 9.16. The van der Waals surface area contributed by atoms with E-state index in [1.807, 2.05) is 44.2 Å². The van der Waals surface area contributed by atoms with Crippen LogP contribution < -0.4 is 18.9 Å². The molecule has 0 radical (unpaired) electrons. The molecule has 1 saturated heterocycles. The van der Waals surface area contributed by atoms with Crippen LogP contribution in [0.2, 0.25) is 0 Å². The van der Waals surface area contributed by atoms with Gasteiger partial charge in [-0.1, -0.05) is 36.4 Å². The first-order chi connectivity index (χ1) is 19.0. The molecule has 0 spiro atoms. The van der Waals surface area contributed by atoms with Crippen molar-refractivity contribution in [2.45, 2.75) is 26.3 Å². The van der Waals surface area contributed by atoms with Gasteiger partial charge >= 0.3 is 0 Å². The number of ketones is 1. The van der Waals surface area contributed by atoms with Gasteiger partial charge in [0.15, 0.2) is 23.0 Å². The third-order valence-corrected chi connectivity index (χ3v) is 6.72. The number of aliphatic hydroxyl groups excluding tert-OH is 1. The minimum atomic E-state index is -0.822. The van der Waals surface area contributed by atoms with Crippen LogP contribution >= 0.6 is 0 Å². The van der Waals surface area contributed by atoms with E-state index < -0.39 is 17.7 Å². The summed E-state index contributed by atoms with van der Waals surface area (Å²) in [6.45, 7) is 5.73. The molecule has 2 aliphatic heterocycles. The maximum atomic E-state index is 13.5. The second kappa shape index (κ2) is 11.5. The van der Waals surface area contributed by atoms with Gasteiger partial charge in [-0.15, -0.1) is 0 Å². The number of carbonyl (C=O) groups excluding carboxylic acids is 2. The summed E-state index contributed by atoms with van der Waals surface area (Å²) in [5.74, 6) is 0.421. The Morgan fingerprint density at radius 2 is 1.62 bits per heavy atom. The Kier molecular flexibility index (Phi) is 7.72. The summed E-state index contributed by atoms with van der Waals surface area (Å²) in [7, 11) is 0. The molecule has 202 valence electrons. The lowest BCUT2D eigenvalue weighted by Crippen LogP contribution is -2.31. The van der Waals surface area contributed by atoms with Gasteiger partial charge in [-0.2, -0.15) is 0 Å². The molecule has 1 N–H and O–H groups in total. The normalized spacial score (nSPS) is 17.8. The van der Waals surface area contributed by atoms with Gasteiger partial charge in [0, 0.05) is 12.1 Å². The highest BCUT2D eigenvalue weighted by atomic mass is 16.6. The lowest BCUT2D eigenvalue weighted by Gasteiger charge is -2.26. The van der Waals surface area contributed by atoms with Gasteiger partial charge in [0.25, 0.3) is 11.7 Å². The monoisotopic (exact) mass is 529 g/mol. The number of carbonyl (C=O) groups is 2. The number of likely N-dealkylation sites (tertiary alicyclic amines) is 1. The third-order valence-electron chi connectivity index (χ3n) is 6.72. The summed E-state index contributed by atoms with van der Waals surface area (Å²) >= 11 is 0. The first-order valence-corrected chi connectivity index (χ1v) is 13.1. The molecule has 2 aliphatic rings. The van der Waals surface area contributed by atoms with Gasteiger partial charge in [0.1, 0.15) is 19.0 Å². The highest BCUT2D eigenvalue weighted by molar-refractivity contribution is 6.46. The smallest absolute Gasteiger partial charge is 0.295 e. The first kappa shape index (κ1) is 26.2. The third kappa shape index (κ3) is 5.27. The molecule has 1 atom stereocenters. The van der Waals surface area contributed by atoms with E-state index in [1.54, 1.807) is 36.4 Å². The molecule has 39 heavy (non-hydrogen) atoms. The summed E-state index contributed by atoms with van der Waals surface area (Å²) in [5.41, 5.74) is 2.04. The molecule has 3 aromatic rings. The van der Waals surface area contributed by atoms with Crippen molar-refractivity contribution in [3.8, 4) is 23.0 Å². The number of hydrogen-bond acceptors (Lipinski definition) is 7. The molecule has 0 aromatic heterocycles. The summed E-state index contributed by atoms with van der Waals surface area (Å²) < 4.78 is 22.8. The van der Waals surface area contributed by atoms with Crippen LogP contribution in [0.15, 0.2) is 72.3 Å². The maximum absolute atomic E-state index is 13.5. The molecule has 8 heteroatoms. The number of rotatable bonds is 9. The van der Waals surface area contributed by atoms with Gasteiger partial charge in [0.05, 0.1) is 24.8 Å². The van der Waals surface area contributed by atoms with Crippen LogP contribution in [-0.2, 0) is 16.0 Å². The molecule has 1 amide bonds. The highest BCUT2D eigenvalue weighted by Crippen LogP contribution is 2.43. The topological polar surface area (TPSA) is 94.5 Å². The Bertz CT molecular complexity index is 1400. The summed E-state index contributed by atoms with van der Waals surface area (Å²) in [5, 5.41) is 11.5. The minimum Gasteiger partial charge on any atom is -0.507 e. The largest absolute Gasteiger partial charge is 0.507 e. The van der Waals surface area contributed by atoms with Gasteiger partial charge in [-0.25, -0.2) is 0 Å². The molecule has 1 fully saturated rings. The molecule has 8 nitrogen and oxygen atoms in total. The molecule has 5 rings (SSSR count). The van der Waals surface area contributed by atoms with Crippen LogP contribution in [0, 0.1) is 0 Å². The van der Waals surface area contributed by atoms with Crippen molar-refractivity contribution in [1.29, 1.82) is 0 Å². The maximum Gasteiger partial charge on any atom is 0.295 e. The molecule has 1 unspecified atom stereocenters. The number of hydrogen-bond donors (Lipinski definition) is 1. The van der Waals surface area contributed by atoms with Crippen LogP contribution in [-0.4, -0.2) is 54.7 Å². The van der Waals surface area contributed by atoms with E-state index >= 15 is 0 Å². The Labute approximate surface area is 227 Å². The molecule has 2 heterocycles. The fourth-order valence-electron chi connectivity index (χ4n) is 4.94. The summed E-state index contributed by atoms with van der Waals surface area (Å²) in [6, 6.07) is 19.2. The summed E-state index contributed by atoms with van der Waals surface area (Å²) in [4.78, 5) is 28.4. The van der Waals surface area contributed by atoms with Crippen molar-refractivity contribution in [2.24, 2.45) is 0 Å². The Morgan fingerprint density at radius 3 is 2.36 bits per heavy atom. The van der Waals surface area contributed by atoms with Crippen molar-refractivity contribution in [2.75, 3.05) is 33.0 Å². The van der Waals surface area contributed by atoms with Crippen LogP contribution in [0.1, 0.15) is 36.6 Å². The number of ether oxygens (including phenoxy) is 4. The van der Waals surface area contributed by atoms with E-state index in [2.05, 4.69) is 0 Å². The quantitative estimate of drug-likeness (QED) is 0.239. The van der Waals surface area contributed by atoms with E-state index in [0.717, 1.165) is 5.56 Å². The molecular weight excluding hydrogens is 498 g/mol. The van der Waals surface area contributed by atoms with E-state index in [4.69, 9.17) is 18.9 Å². The zero-order chi connectivity index (χ0) is 27.4. The number of Topliss-reactive ketones (excluding diaryl/α,β-unsaturated/α-hetero) is 1. The Balaban J connectivity index is 1.60. The van der Waals surface area contributed by atoms with Gasteiger partial charge in [-0.05, 0) is 61.7 Å². The fourth-order valence-corrected chi connectivity index (χ4v) is 4.94. The SMILES string of the molecule is CCOc1ccc(C2/C(=C(/O)c3ccc4c(c3)OCCO4)C(=O)C(=O)N2CCc2ccccc2)cc1OCC. The minimum absolute atomic E-state index is 0.0105. The van der Waals surface area contributed by atoms with Crippen LogP contribution in [0.3, 0.4) is 0 Å². The molecular formula is C31H31NO7. The number of fused-ring (bicyclic) bond motifs is 1. The Hall–Kier alpha value is -4.46. The average molecular weight is 530 g/mol. The first-order valence-electron chi connectivity index (χ1n) is 13.1. The van der Waals surface area contributed by atoms with Gasteiger partial charge in [0.2, 0.25) is 0 Å². The highest BCUT2D eigenvalue weighted by Gasteiger charge is 2.46. The molecule has 0 bridgehead atoms. The molecule has 0 aliphatic carbocycles. The lowest BCUT2D eigenvalue weighted by molar-refractivity contribution is -0.139. The standard InChI is InChI=1S/C31H31NO7/c1-3-36-23-12-10-21(18-25(23)37-4-2)28-27(29(33)22-11-13-24-26(19-22)39-17-16-38-24)30(34)31(35)32(28)15-14-20-8-6-5-7-9-20/h5-13,18-19,28,33H,3-4,14-17H2,1-2H3/b29-27-. The van der Waals surface area contributed by atoms with E-state index in [9.17, 15) is 14.7 Å². The van der Waals surface area contributed by atoms with E-state index in [0.29, 0.717) is 67.0 Å². The van der Waals surface area contributed by atoms with Crippen LogP contribution in [0.25, 0.3) is 5.76 Å². The van der Waals surface area contributed by atoms with Gasteiger partial charge < -0.3 is 29.0 Å². The molecule has 0 saturated carbocycles. The number of amides is 1. The van der Waals surface area contributed by atoms with Crippen molar-refractivity contribution in [3.05, 3.63) is 89.0 Å². The lowest BCUT2D eigenvalue weighted by atomic mass is 9.94. The number of nitrogens with zero attached hydrogens (tertiary/aromatic N) is 1. The number of benzene rings is 3. The van der Waals surface area contributed by atoms with Gasteiger partial charge in [-0.3, -0.25) is 9.59 Å². The predicted molar refractivity (Wildman–Crippen MR) is 145 cm³/mol.